The summed E-state index contributed by atoms with van der Waals surface area (Å²) in [7, 11) is 1.65. The van der Waals surface area contributed by atoms with Gasteiger partial charge in [-0.15, -0.1) is 11.8 Å². The molecule has 0 saturated heterocycles. The number of unbranched alkanes of at least 4 members (excludes halogenated alkanes) is 1. The molecule has 1 N–H and O–H groups in total. The van der Waals surface area contributed by atoms with E-state index in [1.54, 1.807) is 24.9 Å². The van der Waals surface area contributed by atoms with Crippen LogP contribution >= 0.6 is 35.0 Å². The zero-order valence-electron chi connectivity index (χ0n) is 18.7. The summed E-state index contributed by atoms with van der Waals surface area (Å²) in [5.74, 6) is 0.960. The van der Waals surface area contributed by atoms with Crippen molar-refractivity contribution in [3.05, 3.63) is 87.7 Å². The van der Waals surface area contributed by atoms with Gasteiger partial charge in [0.15, 0.2) is 0 Å². The third kappa shape index (κ3) is 8.28. The van der Waals surface area contributed by atoms with Crippen molar-refractivity contribution < 1.29 is 19.4 Å². The van der Waals surface area contributed by atoms with Crippen molar-refractivity contribution in [1.82, 2.24) is 4.98 Å². The van der Waals surface area contributed by atoms with E-state index in [4.69, 9.17) is 37.8 Å². The van der Waals surface area contributed by atoms with Crippen LogP contribution < -0.4 is 9.47 Å². The van der Waals surface area contributed by atoms with Crippen LogP contribution in [0, 0.1) is 0 Å². The lowest BCUT2D eigenvalue weighted by Gasteiger charge is -2.11. The molecule has 1 heterocycles. The van der Waals surface area contributed by atoms with Gasteiger partial charge in [-0.1, -0.05) is 35.3 Å². The quantitative estimate of drug-likeness (QED) is 0.156. The SMILES string of the molecule is COc1ccc(CCCCOc2ccc(CSc3ccc(Cl)c(Cl)c3)nc2/C=C/C(=O)O)cc1. The topological polar surface area (TPSA) is 68.7 Å². The van der Waals surface area contributed by atoms with Crippen LogP contribution in [0.1, 0.15) is 29.8 Å². The minimum absolute atomic E-state index is 0.491. The number of rotatable bonds is 12. The Balaban J connectivity index is 1.56. The predicted molar refractivity (Wildman–Crippen MR) is 138 cm³/mol. The second-order valence-electron chi connectivity index (χ2n) is 7.38. The van der Waals surface area contributed by atoms with Crippen molar-refractivity contribution in [2.75, 3.05) is 13.7 Å². The maximum atomic E-state index is 11.0. The van der Waals surface area contributed by atoms with Crippen molar-refractivity contribution in [2.45, 2.75) is 29.9 Å². The zero-order valence-corrected chi connectivity index (χ0v) is 21.0. The van der Waals surface area contributed by atoms with E-state index in [2.05, 4.69) is 17.1 Å². The number of nitrogens with zero attached hydrogens (tertiary/aromatic N) is 1. The first-order valence-corrected chi connectivity index (χ1v) is 12.4. The normalized spacial score (nSPS) is 11.0. The van der Waals surface area contributed by atoms with Gasteiger partial charge in [0.2, 0.25) is 0 Å². The molecule has 2 aromatic carbocycles. The summed E-state index contributed by atoms with van der Waals surface area (Å²) in [4.78, 5) is 16.6. The first-order chi connectivity index (χ1) is 16.4. The Morgan fingerprint density at radius 3 is 2.56 bits per heavy atom. The Morgan fingerprint density at radius 2 is 1.85 bits per heavy atom. The van der Waals surface area contributed by atoms with Crippen LogP contribution in [-0.2, 0) is 17.0 Å². The number of hydrogen-bond acceptors (Lipinski definition) is 5. The molecule has 0 aliphatic carbocycles. The Bertz CT molecular complexity index is 1140. The number of aliphatic carboxylic acids is 1. The molecular formula is C26H25Cl2NO4S. The molecule has 8 heteroatoms. The van der Waals surface area contributed by atoms with Crippen LogP contribution in [0.2, 0.25) is 10.0 Å². The fraction of sp³-hybridized carbons (Fsp3) is 0.231. The second-order valence-corrected chi connectivity index (χ2v) is 9.24. The second kappa shape index (κ2) is 13.3. The van der Waals surface area contributed by atoms with Crippen LogP contribution in [0.5, 0.6) is 11.5 Å². The number of methoxy groups -OCH3 is 1. The van der Waals surface area contributed by atoms with Gasteiger partial charge in [0.05, 0.1) is 29.5 Å². The summed E-state index contributed by atoms with van der Waals surface area (Å²) in [6, 6.07) is 17.2. The molecule has 0 aliphatic heterocycles. The highest BCUT2D eigenvalue weighted by Crippen LogP contribution is 2.30. The maximum absolute atomic E-state index is 11.0. The highest BCUT2D eigenvalue weighted by atomic mass is 35.5. The number of carboxylic acids is 1. The molecule has 3 rings (SSSR count). The Kier molecular flexibility index (Phi) is 10.1. The molecule has 5 nitrogen and oxygen atoms in total. The van der Waals surface area contributed by atoms with Gasteiger partial charge in [-0.05, 0) is 73.4 Å². The molecule has 0 atom stereocenters. The lowest BCUT2D eigenvalue weighted by molar-refractivity contribution is -0.131. The highest BCUT2D eigenvalue weighted by Gasteiger charge is 2.08. The molecule has 0 unspecified atom stereocenters. The number of hydrogen-bond donors (Lipinski definition) is 1. The van der Waals surface area contributed by atoms with Crippen LogP contribution in [0.3, 0.4) is 0 Å². The number of benzene rings is 2. The molecule has 34 heavy (non-hydrogen) atoms. The minimum Gasteiger partial charge on any atom is -0.497 e. The van der Waals surface area contributed by atoms with E-state index in [1.807, 2.05) is 36.4 Å². The van der Waals surface area contributed by atoms with E-state index in [9.17, 15) is 4.79 Å². The minimum atomic E-state index is -1.04. The van der Waals surface area contributed by atoms with E-state index in [0.717, 1.165) is 41.7 Å². The molecule has 178 valence electrons. The number of carboxylic acid groups (broad SMARTS) is 1. The number of aromatic nitrogens is 1. The van der Waals surface area contributed by atoms with E-state index in [-0.39, 0.29) is 0 Å². The molecule has 0 spiro atoms. The molecular weight excluding hydrogens is 493 g/mol. The summed E-state index contributed by atoms with van der Waals surface area (Å²) in [5.41, 5.74) is 2.54. The lowest BCUT2D eigenvalue weighted by Crippen LogP contribution is -2.02. The van der Waals surface area contributed by atoms with Crippen molar-refractivity contribution >= 4 is 47.0 Å². The van der Waals surface area contributed by atoms with E-state index < -0.39 is 5.97 Å². The Hall–Kier alpha value is -2.67. The van der Waals surface area contributed by atoms with Gasteiger partial charge in [0.25, 0.3) is 0 Å². The predicted octanol–water partition coefficient (Wildman–Crippen LogP) is 7.19. The number of ether oxygens (including phenoxy) is 2. The number of pyridine rings is 1. The molecule has 0 fully saturated rings. The van der Waals surface area contributed by atoms with Gasteiger partial charge < -0.3 is 14.6 Å². The summed E-state index contributed by atoms with van der Waals surface area (Å²) < 4.78 is 11.1. The largest absolute Gasteiger partial charge is 0.497 e. The highest BCUT2D eigenvalue weighted by molar-refractivity contribution is 7.98. The van der Waals surface area contributed by atoms with Gasteiger partial charge in [0, 0.05) is 16.7 Å². The Labute approximate surface area is 213 Å². The van der Waals surface area contributed by atoms with Gasteiger partial charge in [-0.3, -0.25) is 0 Å². The van der Waals surface area contributed by atoms with E-state index in [0.29, 0.717) is 33.8 Å². The Morgan fingerprint density at radius 1 is 1.06 bits per heavy atom. The van der Waals surface area contributed by atoms with Gasteiger partial charge in [-0.25, -0.2) is 9.78 Å². The maximum Gasteiger partial charge on any atom is 0.328 e. The number of halogens is 2. The average Bonchev–Trinajstić information content (AvgIpc) is 2.84. The molecule has 0 aliphatic rings. The standard InChI is InChI=1S/C26H25Cl2NO4S/c1-32-20-8-5-18(6-9-20)4-2-3-15-33-25-13-7-19(29-24(25)12-14-26(30)31)17-34-21-10-11-22(27)23(28)16-21/h5-14,16H,2-4,15,17H2,1H3,(H,30,31)/b14-12+. The summed E-state index contributed by atoms with van der Waals surface area (Å²) >= 11 is 13.6. The van der Waals surface area contributed by atoms with Crippen molar-refractivity contribution in [2.24, 2.45) is 0 Å². The van der Waals surface area contributed by atoms with E-state index in [1.165, 1.54) is 11.6 Å². The average molecular weight is 518 g/mol. The molecule has 0 saturated carbocycles. The van der Waals surface area contributed by atoms with Gasteiger partial charge in [-0.2, -0.15) is 0 Å². The van der Waals surface area contributed by atoms with Gasteiger partial charge in [0.1, 0.15) is 17.2 Å². The molecule has 0 bridgehead atoms. The van der Waals surface area contributed by atoms with Crippen LogP contribution in [0.15, 0.2) is 65.6 Å². The first-order valence-electron chi connectivity index (χ1n) is 10.7. The monoisotopic (exact) mass is 517 g/mol. The fourth-order valence-corrected chi connectivity index (χ4v) is 4.31. The molecule has 0 amide bonds. The first kappa shape index (κ1) is 25.9. The van der Waals surface area contributed by atoms with E-state index >= 15 is 0 Å². The summed E-state index contributed by atoms with van der Waals surface area (Å²) in [6.45, 7) is 0.517. The third-order valence-electron chi connectivity index (χ3n) is 4.88. The van der Waals surface area contributed by atoms with Gasteiger partial charge >= 0.3 is 5.97 Å². The van der Waals surface area contributed by atoms with Crippen LogP contribution in [0.25, 0.3) is 6.08 Å². The number of aryl methyl sites for hydroxylation is 1. The smallest absolute Gasteiger partial charge is 0.328 e. The third-order valence-corrected chi connectivity index (χ3v) is 6.65. The molecule has 0 radical (unpaired) electrons. The number of thioether (sulfide) groups is 1. The summed E-state index contributed by atoms with van der Waals surface area (Å²) in [6.07, 6.45) is 5.31. The zero-order chi connectivity index (χ0) is 24.3. The fourth-order valence-electron chi connectivity index (χ4n) is 3.11. The van der Waals surface area contributed by atoms with Crippen LogP contribution in [0.4, 0.5) is 0 Å². The van der Waals surface area contributed by atoms with Crippen LogP contribution in [-0.4, -0.2) is 29.8 Å². The number of carbonyl (C=O) groups is 1. The molecule has 3 aromatic rings. The lowest BCUT2D eigenvalue weighted by atomic mass is 10.1. The van der Waals surface area contributed by atoms with Crippen molar-refractivity contribution in [1.29, 1.82) is 0 Å². The van der Waals surface area contributed by atoms with Crippen molar-refractivity contribution in [3.63, 3.8) is 0 Å². The summed E-state index contributed by atoms with van der Waals surface area (Å²) in [5, 5.41) is 10.0. The molecule has 1 aromatic heterocycles. The van der Waals surface area contributed by atoms with Crippen molar-refractivity contribution in [3.8, 4) is 11.5 Å².